The minimum absolute atomic E-state index is 0.148. The van der Waals surface area contributed by atoms with Gasteiger partial charge >= 0.3 is 0 Å². The number of nitrogens with one attached hydrogen (secondary N) is 1. The number of hydrogen-bond acceptors (Lipinski definition) is 6. The Labute approximate surface area is 178 Å². The molecule has 11 heteroatoms. The van der Waals surface area contributed by atoms with E-state index < -0.39 is 28.0 Å². The molecular formula is C18H22ClN3O5S2. The molecule has 2 amide bonds. The first-order valence-corrected chi connectivity index (χ1v) is 12.0. The average molecular weight is 460 g/mol. The summed E-state index contributed by atoms with van der Waals surface area (Å²) in [5, 5.41) is 1.01. The van der Waals surface area contributed by atoms with E-state index in [0.29, 0.717) is 41.6 Å². The molecule has 1 N–H and O–H groups in total. The van der Waals surface area contributed by atoms with E-state index in [1.54, 1.807) is 12.1 Å². The summed E-state index contributed by atoms with van der Waals surface area (Å²) in [7, 11) is -3.84. The van der Waals surface area contributed by atoms with Gasteiger partial charge in [-0.15, -0.1) is 11.3 Å². The van der Waals surface area contributed by atoms with Crippen LogP contribution in [0.15, 0.2) is 17.5 Å². The number of halogens is 1. The zero-order chi connectivity index (χ0) is 21.0. The van der Waals surface area contributed by atoms with Crippen molar-refractivity contribution in [2.75, 3.05) is 19.6 Å². The lowest BCUT2D eigenvalue weighted by Gasteiger charge is -2.33. The molecule has 2 fully saturated rings. The maximum absolute atomic E-state index is 12.7. The summed E-state index contributed by atoms with van der Waals surface area (Å²) in [5.74, 6) is -0.714. The molecular weight excluding hydrogens is 438 g/mol. The van der Waals surface area contributed by atoms with Gasteiger partial charge in [-0.05, 0) is 43.9 Å². The number of hydrogen-bond donors (Lipinski definition) is 1. The molecule has 0 aromatic carbocycles. The third kappa shape index (κ3) is 5.65. The van der Waals surface area contributed by atoms with Gasteiger partial charge in [0, 0.05) is 23.4 Å². The number of aldehydes is 1. The molecule has 2 saturated heterocycles. The Bertz CT molecular complexity index is 914. The number of carbonyl (C=O) groups is 3. The molecule has 8 nitrogen and oxygen atoms in total. The van der Waals surface area contributed by atoms with Gasteiger partial charge in [-0.3, -0.25) is 9.59 Å². The summed E-state index contributed by atoms with van der Waals surface area (Å²) in [6.45, 7) is 0.731. The molecule has 1 aromatic heterocycles. The standard InChI is InChI=1S/C18H22ClN3O5S2/c19-16-6-5-14(28-16)7-10-29(26,27)20-15-4-2-8-21(18(15)25)11-17(24)22-9-1-3-13(22)12-23/h5-7,10,12-13,15,20H,1-4,8-9,11H2/b10-7+/t13-,15-/m0/s1. The lowest BCUT2D eigenvalue weighted by molar-refractivity contribution is -0.144. The highest BCUT2D eigenvalue weighted by atomic mass is 35.5. The van der Waals surface area contributed by atoms with Crippen LogP contribution in [0.4, 0.5) is 0 Å². The number of sulfonamides is 1. The van der Waals surface area contributed by atoms with E-state index in [9.17, 15) is 22.8 Å². The molecule has 0 bridgehead atoms. The second-order valence-corrected chi connectivity index (χ2v) is 10.3. The van der Waals surface area contributed by atoms with Crippen molar-refractivity contribution in [2.45, 2.75) is 37.8 Å². The molecule has 0 radical (unpaired) electrons. The molecule has 3 rings (SSSR count). The largest absolute Gasteiger partial charge is 0.332 e. The van der Waals surface area contributed by atoms with Crippen LogP contribution in [0.3, 0.4) is 0 Å². The van der Waals surface area contributed by atoms with Crippen LogP contribution in [0.1, 0.15) is 30.6 Å². The van der Waals surface area contributed by atoms with Crippen molar-refractivity contribution < 1.29 is 22.8 Å². The highest BCUT2D eigenvalue weighted by Crippen LogP contribution is 2.23. The van der Waals surface area contributed by atoms with Crippen molar-refractivity contribution in [3.8, 4) is 0 Å². The highest BCUT2D eigenvalue weighted by molar-refractivity contribution is 7.92. The summed E-state index contributed by atoms with van der Waals surface area (Å²) in [5.41, 5.74) is 0. The smallest absolute Gasteiger partial charge is 0.242 e. The Morgan fingerprint density at radius 3 is 2.72 bits per heavy atom. The first kappa shape index (κ1) is 21.9. The van der Waals surface area contributed by atoms with Gasteiger partial charge in [0.25, 0.3) is 0 Å². The van der Waals surface area contributed by atoms with E-state index in [1.807, 2.05) is 0 Å². The number of piperidine rings is 1. The zero-order valence-corrected chi connectivity index (χ0v) is 18.0. The lowest BCUT2D eigenvalue weighted by Crippen LogP contribution is -2.54. The highest BCUT2D eigenvalue weighted by Gasteiger charge is 2.35. The fraction of sp³-hybridized carbons (Fsp3) is 0.500. The van der Waals surface area contributed by atoms with Crippen LogP contribution in [-0.2, 0) is 24.4 Å². The third-order valence-corrected chi connectivity index (χ3v) is 7.25. The van der Waals surface area contributed by atoms with Gasteiger partial charge in [-0.25, -0.2) is 8.42 Å². The van der Waals surface area contributed by atoms with E-state index in [4.69, 9.17) is 11.6 Å². The Balaban J connectivity index is 1.60. The van der Waals surface area contributed by atoms with Crippen LogP contribution in [0.25, 0.3) is 6.08 Å². The van der Waals surface area contributed by atoms with Crippen molar-refractivity contribution in [1.82, 2.24) is 14.5 Å². The second kappa shape index (κ2) is 9.38. The van der Waals surface area contributed by atoms with E-state index in [-0.39, 0.29) is 12.5 Å². The average Bonchev–Trinajstić information content (AvgIpc) is 3.32. The van der Waals surface area contributed by atoms with Crippen molar-refractivity contribution in [1.29, 1.82) is 0 Å². The summed E-state index contributed by atoms with van der Waals surface area (Å²) in [6, 6.07) is 2.01. The molecule has 0 spiro atoms. The molecule has 2 aliphatic heterocycles. The number of carbonyl (C=O) groups excluding carboxylic acids is 3. The van der Waals surface area contributed by atoms with Crippen molar-refractivity contribution in [3.05, 3.63) is 26.8 Å². The van der Waals surface area contributed by atoms with Gasteiger partial charge in [0.15, 0.2) is 0 Å². The van der Waals surface area contributed by atoms with E-state index >= 15 is 0 Å². The van der Waals surface area contributed by atoms with Gasteiger partial charge in [-0.2, -0.15) is 4.72 Å². The fourth-order valence-corrected chi connectivity index (χ4v) is 5.59. The zero-order valence-electron chi connectivity index (χ0n) is 15.6. The first-order chi connectivity index (χ1) is 13.8. The molecule has 3 heterocycles. The Kier molecular flexibility index (Phi) is 7.10. The van der Waals surface area contributed by atoms with Gasteiger partial charge in [-0.1, -0.05) is 11.6 Å². The molecule has 1 aromatic rings. The first-order valence-electron chi connectivity index (χ1n) is 9.28. The number of thiophene rings is 1. The van der Waals surface area contributed by atoms with Gasteiger partial charge < -0.3 is 14.6 Å². The topological polar surface area (TPSA) is 104 Å². The summed E-state index contributed by atoms with van der Waals surface area (Å²) in [4.78, 5) is 39.8. The van der Waals surface area contributed by atoms with Crippen LogP contribution in [0.2, 0.25) is 4.34 Å². The van der Waals surface area contributed by atoms with Crippen LogP contribution in [-0.4, -0.2) is 68.0 Å². The maximum Gasteiger partial charge on any atom is 0.242 e. The Morgan fingerprint density at radius 1 is 1.28 bits per heavy atom. The fourth-order valence-electron chi connectivity index (χ4n) is 3.52. The summed E-state index contributed by atoms with van der Waals surface area (Å²) < 4.78 is 27.6. The predicted molar refractivity (Wildman–Crippen MR) is 111 cm³/mol. The van der Waals surface area contributed by atoms with Crippen LogP contribution in [0, 0.1) is 0 Å². The molecule has 2 atom stereocenters. The van der Waals surface area contributed by atoms with Gasteiger partial charge in [0.05, 0.1) is 16.9 Å². The van der Waals surface area contributed by atoms with Crippen LogP contribution >= 0.6 is 22.9 Å². The molecule has 0 unspecified atom stereocenters. The van der Waals surface area contributed by atoms with Gasteiger partial charge in [0.1, 0.15) is 12.3 Å². The number of amides is 2. The minimum atomic E-state index is -3.84. The number of rotatable bonds is 7. The van der Waals surface area contributed by atoms with Crippen molar-refractivity contribution in [3.63, 3.8) is 0 Å². The molecule has 0 saturated carbocycles. The SMILES string of the molecule is O=C[C@@H]1CCCN1C(=O)CN1CCC[C@H](NS(=O)(=O)/C=C/c2ccc(Cl)s2)C1=O. The van der Waals surface area contributed by atoms with Crippen molar-refractivity contribution in [2.24, 2.45) is 0 Å². The lowest BCUT2D eigenvalue weighted by atomic mass is 10.1. The third-order valence-electron chi connectivity index (χ3n) is 4.95. The van der Waals surface area contributed by atoms with E-state index in [0.717, 1.165) is 18.1 Å². The Morgan fingerprint density at radius 2 is 2.03 bits per heavy atom. The summed E-state index contributed by atoms with van der Waals surface area (Å²) in [6.07, 6.45) is 4.50. The second-order valence-electron chi connectivity index (χ2n) is 6.99. The summed E-state index contributed by atoms with van der Waals surface area (Å²) >= 11 is 7.07. The molecule has 29 heavy (non-hydrogen) atoms. The molecule has 0 aliphatic carbocycles. The van der Waals surface area contributed by atoms with Crippen molar-refractivity contribution >= 4 is 57.1 Å². The van der Waals surface area contributed by atoms with Crippen LogP contribution in [0.5, 0.6) is 0 Å². The van der Waals surface area contributed by atoms with Gasteiger partial charge in [0.2, 0.25) is 21.8 Å². The quantitative estimate of drug-likeness (QED) is 0.622. The van der Waals surface area contributed by atoms with E-state index in [1.165, 1.54) is 27.2 Å². The maximum atomic E-state index is 12.7. The Hall–Kier alpha value is -1.75. The monoisotopic (exact) mass is 459 g/mol. The van der Waals surface area contributed by atoms with E-state index in [2.05, 4.69) is 4.72 Å². The normalized spacial score (nSPS) is 23.1. The number of nitrogens with zero attached hydrogens (tertiary/aromatic N) is 2. The molecule has 158 valence electrons. The van der Waals surface area contributed by atoms with Crippen LogP contribution < -0.4 is 4.72 Å². The minimum Gasteiger partial charge on any atom is -0.332 e. The molecule has 2 aliphatic rings. The number of likely N-dealkylation sites (tertiary alicyclic amines) is 2. The predicted octanol–water partition coefficient (Wildman–Crippen LogP) is 1.47.